The Bertz CT molecular complexity index is 542. The van der Waals surface area contributed by atoms with Gasteiger partial charge in [0.1, 0.15) is 0 Å². The smallest absolute Gasteiger partial charge is 0.233 e. The van der Waals surface area contributed by atoms with Crippen LogP contribution in [0.3, 0.4) is 0 Å². The van der Waals surface area contributed by atoms with E-state index in [-0.39, 0.29) is 11.8 Å². The van der Waals surface area contributed by atoms with Crippen molar-refractivity contribution < 1.29 is 9.90 Å². The lowest BCUT2D eigenvalue weighted by Crippen LogP contribution is -2.54. The summed E-state index contributed by atoms with van der Waals surface area (Å²) in [4.78, 5) is 17.4. The molecule has 1 amide bonds. The van der Waals surface area contributed by atoms with Crippen molar-refractivity contribution in [1.82, 2.24) is 9.80 Å². The number of carbonyl (C=O) groups excluding carboxylic acids is 1. The molecule has 4 nitrogen and oxygen atoms in total. The molecule has 0 aliphatic heterocycles. The molecular weight excluding hydrogens is 312 g/mol. The van der Waals surface area contributed by atoms with Crippen molar-refractivity contribution >= 4 is 5.91 Å². The minimum Gasteiger partial charge on any atom is -0.388 e. The summed E-state index contributed by atoms with van der Waals surface area (Å²) in [5.74, 6) is -0.316. The first-order valence-corrected chi connectivity index (χ1v) is 9.64. The third kappa shape index (κ3) is 4.42. The number of rotatable bonds is 7. The maximum absolute atomic E-state index is 13.4. The van der Waals surface area contributed by atoms with Crippen LogP contribution in [0.2, 0.25) is 0 Å². The number of nitrogens with zero attached hydrogens (tertiary/aromatic N) is 2. The number of benzene rings is 1. The number of hydrogen-bond acceptors (Lipinski definition) is 3. The molecule has 1 N–H and O–H groups in total. The van der Waals surface area contributed by atoms with Crippen molar-refractivity contribution in [3.8, 4) is 0 Å². The van der Waals surface area contributed by atoms with Gasteiger partial charge < -0.3 is 14.9 Å². The van der Waals surface area contributed by atoms with Gasteiger partial charge in [-0.2, -0.15) is 0 Å². The molecule has 1 saturated carbocycles. The zero-order chi connectivity index (χ0) is 18.4. The lowest BCUT2D eigenvalue weighted by molar-refractivity contribution is -0.146. The number of likely N-dealkylation sites (N-methyl/N-ethyl adjacent to an activating group) is 1. The second-order valence-corrected chi connectivity index (χ2v) is 7.55. The first-order chi connectivity index (χ1) is 11.9. The summed E-state index contributed by atoms with van der Waals surface area (Å²) in [5, 5.41) is 11.8. The van der Waals surface area contributed by atoms with Gasteiger partial charge in [-0.05, 0) is 46.3 Å². The minimum absolute atomic E-state index is 0.0596. The van der Waals surface area contributed by atoms with Crippen LogP contribution in [0.5, 0.6) is 0 Å². The number of aliphatic hydroxyl groups is 1. The average molecular weight is 347 g/mol. The fourth-order valence-corrected chi connectivity index (χ4v) is 4.33. The highest BCUT2D eigenvalue weighted by atomic mass is 16.3. The molecule has 0 saturated heterocycles. The molecule has 4 heteroatoms. The predicted molar refractivity (Wildman–Crippen MR) is 103 cm³/mol. The molecule has 1 aromatic rings. The Morgan fingerprint density at radius 1 is 1.20 bits per heavy atom. The van der Waals surface area contributed by atoms with Crippen molar-refractivity contribution in [1.29, 1.82) is 0 Å². The van der Waals surface area contributed by atoms with Gasteiger partial charge in [0, 0.05) is 25.6 Å². The Morgan fingerprint density at radius 3 is 2.40 bits per heavy atom. The quantitative estimate of drug-likeness (QED) is 0.825. The van der Waals surface area contributed by atoms with Gasteiger partial charge in [0.25, 0.3) is 0 Å². The Kier molecular flexibility index (Phi) is 7.03. The van der Waals surface area contributed by atoms with Gasteiger partial charge in [-0.3, -0.25) is 4.79 Å². The van der Waals surface area contributed by atoms with E-state index in [2.05, 4.69) is 4.90 Å². The molecule has 0 spiro atoms. The van der Waals surface area contributed by atoms with E-state index < -0.39 is 11.5 Å². The summed E-state index contributed by atoms with van der Waals surface area (Å²) in [6.45, 7) is 6.17. The fourth-order valence-electron chi connectivity index (χ4n) is 4.33. The van der Waals surface area contributed by atoms with Gasteiger partial charge in [0.15, 0.2) is 0 Å². The van der Waals surface area contributed by atoms with E-state index in [1.54, 1.807) is 0 Å². The first-order valence-electron chi connectivity index (χ1n) is 9.64. The van der Waals surface area contributed by atoms with Crippen LogP contribution in [0.25, 0.3) is 0 Å². The summed E-state index contributed by atoms with van der Waals surface area (Å²) in [7, 11) is 4.08. The van der Waals surface area contributed by atoms with Crippen LogP contribution in [-0.4, -0.2) is 60.1 Å². The molecular formula is C21H34N2O2. The summed E-state index contributed by atoms with van der Waals surface area (Å²) in [6.07, 6.45) is 3.78. The minimum atomic E-state index is -0.983. The van der Waals surface area contributed by atoms with Crippen LogP contribution < -0.4 is 0 Å². The molecule has 1 aromatic carbocycles. The van der Waals surface area contributed by atoms with E-state index in [0.29, 0.717) is 19.5 Å². The van der Waals surface area contributed by atoms with E-state index in [0.717, 1.165) is 31.4 Å². The Hall–Kier alpha value is -1.39. The molecule has 0 radical (unpaired) electrons. The second kappa shape index (κ2) is 8.81. The summed E-state index contributed by atoms with van der Waals surface area (Å²) in [6, 6.07) is 9.87. The maximum Gasteiger partial charge on any atom is 0.233 e. The SMILES string of the molecule is CCN(CC)C(=O)[C@H](c1ccccc1)[C@]1(O)CCCC[C@@H]1CN(C)C. The van der Waals surface area contributed by atoms with Crippen molar-refractivity contribution in [3.63, 3.8) is 0 Å². The topological polar surface area (TPSA) is 43.8 Å². The average Bonchev–Trinajstić information content (AvgIpc) is 2.59. The Morgan fingerprint density at radius 2 is 1.84 bits per heavy atom. The molecule has 3 atom stereocenters. The zero-order valence-corrected chi connectivity index (χ0v) is 16.2. The highest BCUT2D eigenvalue weighted by Gasteiger charge is 2.49. The van der Waals surface area contributed by atoms with Gasteiger partial charge >= 0.3 is 0 Å². The van der Waals surface area contributed by atoms with Crippen LogP contribution in [0.4, 0.5) is 0 Å². The predicted octanol–water partition coefficient (Wildman–Crippen LogP) is 3.12. The summed E-state index contributed by atoms with van der Waals surface area (Å²) < 4.78 is 0. The standard InChI is InChI=1S/C21H34N2O2/c1-5-23(6-2)20(24)19(17-12-8-7-9-13-17)21(25)15-11-10-14-18(21)16-22(3)4/h7-9,12-13,18-19,25H,5-6,10-11,14-16H2,1-4H3/t18-,19+,21+/m1/s1. The molecule has 2 rings (SSSR count). The third-order valence-corrected chi connectivity index (χ3v) is 5.63. The van der Waals surface area contributed by atoms with E-state index >= 15 is 0 Å². The van der Waals surface area contributed by atoms with Crippen LogP contribution in [0.1, 0.15) is 51.0 Å². The molecule has 0 unspecified atom stereocenters. The van der Waals surface area contributed by atoms with Crippen molar-refractivity contribution in [2.45, 2.75) is 51.0 Å². The second-order valence-electron chi connectivity index (χ2n) is 7.55. The highest BCUT2D eigenvalue weighted by molar-refractivity contribution is 5.85. The lowest BCUT2D eigenvalue weighted by atomic mass is 9.65. The fraction of sp³-hybridized carbons (Fsp3) is 0.667. The van der Waals surface area contributed by atoms with Gasteiger partial charge in [-0.25, -0.2) is 0 Å². The van der Waals surface area contributed by atoms with E-state index in [1.807, 2.05) is 63.2 Å². The van der Waals surface area contributed by atoms with E-state index in [9.17, 15) is 9.90 Å². The summed E-state index contributed by atoms with van der Waals surface area (Å²) >= 11 is 0. The van der Waals surface area contributed by atoms with E-state index in [1.165, 1.54) is 0 Å². The zero-order valence-electron chi connectivity index (χ0n) is 16.2. The third-order valence-electron chi connectivity index (χ3n) is 5.63. The molecule has 1 fully saturated rings. The van der Waals surface area contributed by atoms with Gasteiger partial charge in [-0.15, -0.1) is 0 Å². The molecule has 0 bridgehead atoms. The van der Waals surface area contributed by atoms with Gasteiger partial charge in [-0.1, -0.05) is 43.2 Å². The monoisotopic (exact) mass is 346 g/mol. The van der Waals surface area contributed by atoms with Crippen LogP contribution in [0.15, 0.2) is 30.3 Å². The van der Waals surface area contributed by atoms with Crippen LogP contribution in [0, 0.1) is 5.92 Å². The highest BCUT2D eigenvalue weighted by Crippen LogP contribution is 2.45. The van der Waals surface area contributed by atoms with Crippen molar-refractivity contribution in [2.24, 2.45) is 5.92 Å². The van der Waals surface area contributed by atoms with Gasteiger partial charge in [0.2, 0.25) is 5.91 Å². The normalized spacial score (nSPS) is 25.0. The van der Waals surface area contributed by atoms with E-state index in [4.69, 9.17) is 0 Å². The molecule has 1 aliphatic rings. The maximum atomic E-state index is 13.4. The molecule has 1 aliphatic carbocycles. The molecule has 0 aromatic heterocycles. The summed E-state index contributed by atoms with van der Waals surface area (Å²) in [5.41, 5.74) is -0.0450. The van der Waals surface area contributed by atoms with Crippen LogP contribution >= 0.6 is 0 Å². The number of amides is 1. The Labute approximate surface area is 152 Å². The van der Waals surface area contributed by atoms with Crippen LogP contribution in [-0.2, 0) is 4.79 Å². The Balaban J connectivity index is 2.46. The number of carbonyl (C=O) groups is 1. The van der Waals surface area contributed by atoms with Crippen molar-refractivity contribution in [2.75, 3.05) is 33.7 Å². The lowest BCUT2D eigenvalue weighted by Gasteiger charge is -2.46. The molecule has 140 valence electrons. The largest absolute Gasteiger partial charge is 0.388 e. The molecule has 25 heavy (non-hydrogen) atoms. The number of hydrogen-bond donors (Lipinski definition) is 1. The van der Waals surface area contributed by atoms with Gasteiger partial charge in [0.05, 0.1) is 11.5 Å². The molecule has 0 heterocycles. The van der Waals surface area contributed by atoms with Crippen molar-refractivity contribution in [3.05, 3.63) is 35.9 Å². The first kappa shape index (κ1) is 19.9.